The Morgan fingerprint density at radius 2 is 2.24 bits per heavy atom. The average Bonchev–Trinajstić information content (AvgIpc) is 2.98. The summed E-state index contributed by atoms with van der Waals surface area (Å²) in [5.74, 6) is 0.431. The molecule has 0 aliphatic rings. The number of nitrogens with zero attached hydrogens (tertiary/aromatic N) is 2. The first-order valence-electron chi connectivity index (χ1n) is 6.25. The highest BCUT2D eigenvalue weighted by atomic mass is 79.9. The van der Waals surface area contributed by atoms with Crippen molar-refractivity contribution in [3.63, 3.8) is 0 Å². The Labute approximate surface area is 136 Å². The van der Waals surface area contributed by atoms with Crippen LogP contribution in [0.3, 0.4) is 0 Å². The Morgan fingerprint density at radius 1 is 1.43 bits per heavy atom. The molecule has 1 aromatic carbocycles. The highest BCUT2D eigenvalue weighted by molar-refractivity contribution is 9.10. The molecular weight excluding hydrogens is 356 g/mol. The van der Waals surface area contributed by atoms with Crippen LogP contribution in [0.5, 0.6) is 0 Å². The van der Waals surface area contributed by atoms with Crippen LogP contribution in [0.15, 0.2) is 45.5 Å². The summed E-state index contributed by atoms with van der Waals surface area (Å²) in [5, 5.41) is 9.13. The van der Waals surface area contributed by atoms with E-state index in [0.717, 1.165) is 4.47 Å². The SMILES string of the molecule is N#CCCN(Cc1ccco1)C(=O)c1cc(Br)ccc1Cl. The fourth-order valence-corrected chi connectivity index (χ4v) is 2.42. The Hall–Kier alpha value is -1.77. The minimum Gasteiger partial charge on any atom is -0.467 e. The molecular formula is C15H12BrClN2O2. The monoisotopic (exact) mass is 366 g/mol. The summed E-state index contributed by atoms with van der Waals surface area (Å²) in [6.45, 7) is 0.620. The summed E-state index contributed by atoms with van der Waals surface area (Å²) in [6.07, 6.45) is 1.80. The summed E-state index contributed by atoms with van der Waals surface area (Å²) in [7, 11) is 0. The molecule has 0 aliphatic heterocycles. The number of nitriles is 1. The number of hydrogen-bond donors (Lipinski definition) is 0. The zero-order valence-corrected chi connectivity index (χ0v) is 13.4. The van der Waals surface area contributed by atoms with Crippen LogP contribution in [0.1, 0.15) is 22.5 Å². The van der Waals surface area contributed by atoms with Gasteiger partial charge in [-0.2, -0.15) is 5.26 Å². The van der Waals surface area contributed by atoms with Gasteiger partial charge in [0.25, 0.3) is 5.91 Å². The van der Waals surface area contributed by atoms with E-state index in [1.54, 1.807) is 41.5 Å². The summed E-state index contributed by atoms with van der Waals surface area (Å²) in [5.41, 5.74) is 0.399. The molecule has 0 saturated carbocycles. The lowest BCUT2D eigenvalue weighted by Crippen LogP contribution is -2.31. The molecule has 1 aromatic heterocycles. The van der Waals surface area contributed by atoms with E-state index in [1.807, 2.05) is 6.07 Å². The fourth-order valence-electron chi connectivity index (χ4n) is 1.86. The smallest absolute Gasteiger partial charge is 0.255 e. The van der Waals surface area contributed by atoms with Crippen LogP contribution in [0.25, 0.3) is 0 Å². The number of furan rings is 1. The Kier molecular flexibility index (Phi) is 5.43. The van der Waals surface area contributed by atoms with Crippen LogP contribution >= 0.6 is 27.5 Å². The van der Waals surface area contributed by atoms with Gasteiger partial charge < -0.3 is 9.32 Å². The van der Waals surface area contributed by atoms with Gasteiger partial charge in [0, 0.05) is 11.0 Å². The number of halogens is 2. The first kappa shape index (κ1) is 15.6. The van der Waals surface area contributed by atoms with Gasteiger partial charge in [-0.1, -0.05) is 27.5 Å². The highest BCUT2D eigenvalue weighted by Gasteiger charge is 2.19. The second-order valence-corrected chi connectivity index (χ2v) is 5.66. The molecule has 4 nitrogen and oxygen atoms in total. The molecule has 0 aliphatic carbocycles. The molecule has 0 N–H and O–H groups in total. The van der Waals surface area contributed by atoms with Gasteiger partial charge in [-0.25, -0.2) is 0 Å². The second kappa shape index (κ2) is 7.30. The van der Waals surface area contributed by atoms with Crippen molar-refractivity contribution in [2.75, 3.05) is 6.54 Å². The molecule has 0 radical (unpaired) electrons. The standard InChI is InChI=1S/C15H12BrClN2O2/c16-11-4-5-14(17)13(9-11)15(20)19(7-2-6-18)10-12-3-1-8-21-12/h1,3-5,8-9H,2,7,10H2. The maximum Gasteiger partial charge on any atom is 0.255 e. The van der Waals surface area contributed by atoms with Gasteiger partial charge in [-0.3, -0.25) is 4.79 Å². The molecule has 6 heteroatoms. The van der Waals surface area contributed by atoms with E-state index >= 15 is 0 Å². The van der Waals surface area contributed by atoms with E-state index in [0.29, 0.717) is 29.4 Å². The summed E-state index contributed by atoms with van der Waals surface area (Å²) < 4.78 is 6.04. The normalized spacial score (nSPS) is 10.1. The minimum atomic E-state index is -0.229. The highest BCUT2D eigenvalue weighted by Crippen LogP contribution is 2.23. The van der Waals surface area contributed by atoms with E-state index in [9.17, 15) is 4.79 Å². The Balaban J connectivity index is 2.24. The Morgan fingerprint density at radius 3 is 2.90 bits per heavy atom. The van der Waals surface area contributed by atoms with Crippen molar-refractivity contribution in [2.24, 2.45) is 0 Å². The number of carbonyl (C=O) groups is 1. The van der Waals surface area contributed by atoms with Gasteiger partial charge in [0.1, 0.15) is 5.76 Å². The van der Waals surface area contributed by atoms with Crippen LogP contribution < -0.4 is 0 Å². The zero-order valence-electron chi connectivity index (χ0n) is 11.1. The van der Waals surface area contributed by atoms with Gasteiger partial charge in [0.05, 0.1) is 35.9 Å². The van der Waals surface area contributed by atoms with Crippen LogP contribution in [0, 0.1) is 11.3 Å². The molecule has 0 bridgehead atoms. The predicted molar refractivity (Wildman–Crippen MR) is 82.8 cm³/mol. The third-order valence-corrected chi connectivity index (χ3v) is 3.69. The summed E-state index contributed by atoms with van der Waals surface area (Å²) in [6, 6.07) is 10.7. The maximum atomic E-state index is 12.6. The van der Waals surface area contributed by atoms with Gasteiger partial charge >= 0.3 is 0 Å². The largest absolute Gasteiger partial charge is 0.467 e. The third-order valence-electron chi connectivity index (χ3n) is 2.87. The van der Waals surface area contributed by atoms with Gasteiger partial charge in [-0.15, -0.1) is 0 Å². The van der Waals surface area contributed by atoms with Gasteiger partial charge in [0.15, 0.2) is 0 Å². The van der Waals surface area contributed by atoms with Crippen molar-refractivity contribution < 1.29 is 9.21 Å². The van der Waals surface area contributed by atoms with Gasteiger partial charge in [-0.05, 0) is 30.3 Å². The first-order valence-corrected chi connectivity index (χ1v) is 7.42. The number of carbonyl (C=O) groups excluding carboxylic acids is 1. The van der Waals surface area contributed by atoms with Crippen LogP contribution in [0.4, 0.5) is 0 Å². The molecule has 2 aromatic rings. The first-order chi connectivity index (χ1) is 10.1. The summed E-state index contributed by atoms with van der Waals surface area (Å²) in [4.78, 5) is 14.2. The zero-order chi connectivity index (χ0) is 15.2. The average molecular weight is 368 g/mol. The number of benzene rings is 1. The lowest BCUT2D eigenvalue weighted by Gasteiger charge is -2.21. The number of amides is 1. The molecule has 0 saturated heterocycles. The predicted octanol–water partition coefficient (Wildman–Crippen LogP) is 4.25. The van der Waals surface area contributed by atoms with E-state index in [-0.39, 0.29) is 12.3 Å². The van der Waals surface area contributed by atoms with Crippen molar-refractivity contribution in [1.29, 1.82) is 5.26 Å². The van der Waals surface area contributed by atoms with Crippen LogP contribution in [0.2, 0.25) is 5.02 Å². The summed E-state index contributed by atoms with van der Waals surface area (Å²) >= 11 is 9.42. The van der Waals surface area contributed by atoms with E-state index in [2.05, 4.69) is 15.9 Å². The number of rotatable bonds is 5. The molecule has 0 atom stereocenters. The lowest BCUT2D eigenvalue weighted by molar-refractivity contribution is 0.0735. The number of hydrogen-bond acceptors (Lipinski definition) is 3. The minimum absolute atomic E-state index is 0.229. The lowest BCUT2D eigenvalue weighted by atomic mass is 10.2. The van der Waals surface area contributed by atoms with Crippen molar-refractivity contribution >= 4 is 33.4 Å². The quantitative estimate of drug-likeness (QED) is 0.793. The van der Waals surface area contributed by atoms with Crippen molar-refractivity contribution in [3.8, 4) is 6.07 Å². The topological polar surface area (TPSA) is 57.2 Å². The molecule has 1 heterocycles. The van der Waals surface area contributed by atoms with Gasteiger partial charge in [0.2, 0.25) is 0 Å². The molecule has 108 valence electrons. The fraction of sp³-hybridized carbons (Fsp3) is 0.200. The Bertz CT molecular complexity index is 665. The van der Waals surface area contributed by atoms with Crippen LogP contribution in [-0.4, -0.2) is 17.4 Å². The molecule has 0 unspecified atom stereocenters. The second-order valence-electron chi connectivity index (χ2n) is 4.34. The van der Waals surface area contributed by atoms with E-state index in [4.69, 9.17) is 21.3 Å². The molecule has 1 amide bonds. The van der Waals surface area contributed by atoms with E-state index in [1.165, 1.54) is 0 Å². The van der Waals surface area contributed by atoms with Crippen molar-refractivity contribution in [1.82, 2.24) is 4.90 Å². The van der Waals surface area contributed by atoms with E-state index < -0.39 is 0 Å². The molecule has 2 rings (SSSR count). The van der Waals surface area contributed by atoms with Crippen LogP contribution in [-0.2, 0) is 6.54 Å². The van der Waals surface area contributed by atoms with Crippen molar-refractivity contribution in [2.45, 2.75) is 13.0 Å². The maximum absolute atomic E-state index is 12.6. The molecule has 0 spiro atoms. The van der Waals surface area contributed by atoms with Crippen molar-refractivity contribution in [3.05, 3.63) is 57.4 Å². The third kappa shape index (κ3) is 4.10. The molecule has 0 fully saturated rings. The molecule has 21 heavy (non-hydrogen) atoms.